The molecular weight excluding hydrogens is 362 g/mol. The molecule has 0 saturated carbocycles. The zero-order valence-electron chi connectivity index (χ0n) is 16.8. The topological polar surface area (TPSA) is 57.4 Å². The van der Waals surface area contributed by atoms with E-state index in [0.29, 0.717) is 6.54 Å². The van der Waals surface area contributed by atoms with Crippen molar-refractivity contribution in [2.45, 2.75) is 13.5 Å². The Bertz CT molecular complexity index is 916. The molecule has 1 aromatic carbocycles. The summed E-state index contributed by atoms with van der Waals surface area (Å²) in [5, 5.41) is 3.33. The zero-order valence-corrected chi connectivity index (χ0v) is 16.8. The summed E-state index contributed by atoms with van der Waals surface area (Å²) in [6, 6.07) is 16.3. The summed E-state index contributed by atoms with van der Waals surface area (Å²) in [6.45, 7) is 7.51. The molecule has 6 nitrogen and oxygen atoms in total. The minimum Gasteiger partial charge on any atom is -0.467 e. The Labute approximate surface area is 171 Å². The zero-order chi connectivity index (χ0) is 19.9. The lowest BCUT2D eigenvalue weighted by atomic mass is 10.2. The third-order valence-corrected chi connectivity index (χ3v) is 5.02. The van der Waals surface area contributed by atoms with E-state index in [2.05, 4.69) is 61.5 Å². The van der Waals surface area contributed by atoms with Crippen LogP contribution in [0.3, 0.4) is 0 Å². The minimum absolute atomic E-state index is 0.615. The molecule has 29 heavy (non-hydrogen) atoms. The van der Waals surface area contributed by atoms with Gasteiger partial charge >= 0.3 is 0 Å². The second-order valence-corrected chi connectivity index (χ2v) is 7.19. The van der Waals surface area contributed by atoms with Crippen LogP contribution in [0, 0.1) is 6.92 Å². The molecule has 1 saturated heterocycles. The fraction of sp³-hybridized carbons (Fsp3) is 0.304. The van der Waals surface area contributed by atoms with E-state index in [0.717, 1.165) is 55.9 Å². The van der Waals surface area contributed by atoms with Crippen LogP contribution in [0.5, 0.6) is 0 Å². The van der Waals surface area contributed by atoms with Crippen LogP contribution in [0.2, 0.25) is 0 Å². The highest BCUT2D eigenvalue weighted by atomic mass is 16.3. The first kappa shape index (κ1) is 19.2. The van der Waals surface area contributed by atoms with Gasteiger partial charge in [-0.3, -0.25) is 4.90 Å². The molecule has 0 unspecified atom stereocenters. The molecule has 3 heterocycles. The largest absolute Gasteiger partial charge is 0.467 e. The second kappa shape index (κ2) is 9.39. The molecule has 150 valence electrons. The molecule has 0 bridgehead atoms. The van der Waals surface area contributed by atoms with Gasteiger partial charge in [0.2, 0.25) is 0 Å². The molecule has 1 fully saturated rings. The molecule has 3 aromatic rings. The lowest BCUT2D eigenvalue weighted by Crippen LogP contribution is -2.46. The number of rotatable bonds is 7. The third kappa shape index (κ3) is 5.45. The highest BCUT2D eigenvalue weighted by Crippen LogP contribution is 2.18. The summed E-state index contributed by atoms with van der Waals surface area (Å²) in [4.78, 5) is 14.0. The quantitative estimate of drug-likeness (QED) is 0.663. The van der Waals surface area contributed by atoms with Crippen molar-refractivity contribution in [3.63, 3.8) is 0 Å². The number of aryl methyl sites for hydroxylation is 1. The van der Waals surface area contributed by atoms with Gasteiger partial charge in [0.1, 0.15) is 23.2 Å². The number of hydrogen-bond donors (Lipinski definition) is 1. The first-order valence-electron chi connectivity index (χ1n) is 10.1. The third-order valence-electron chi connectivity index (χ3n) is 5.02. The van der Waals surface area contributed by atoms with Crippen LogP contribution in [0.1, 0.15) is 17.1 Å². The first-order valence-corrected chi connectivity index (χ1v) is 10.1. The van der Waals surface area contributed by atoms with Crippen molar-refractivity contribution in [2.24, 2.45) is 0 Å². The molecule has 0 atom stereocenters. The number of nitrogens with zero attached hydrogens (tertiary/aromatic N) is 4. The summed E-state index contributed by atoms with van der Waals surface area (Å²) < 4.78 is 5.38. The van der Waals surface area contributed by atoms with E-state index in [9.17, 15) is 0 Å². The SMILES string of the molecule is Cc1nc(NCc2ccco2)cc(N2CCN(C/C=C/c3ccccc3)CC2)n1. The van der Waals surface area contributed by atoms with E-state index < -0.39 is 0 Å². The summed E-state index contributed by atoms with van der Waals surface area (Å²) in [5.74, 6) is 3.48. The Kier molecular flexibility index (Phi) is 6.22. The monoisotopic (exact) mass is 389 g/mol. The van der Waals surface area contributed by atoms with Gasteiger partial charge in [-0.15, -0.1) is 0 Å². The van der Waals surface area contributed by atoms with E-state index in [1.165, 1.54) is 5.56 Å². The molecule has 1 N–H and O–H groups in total. The van der Waals surface area contributed by atoms with Gasteiger partial charge in [0.25, 0.3) is 0 Å². The molecule has 0 amide bonds. The number of anilines is 2. The molecule has 1 aliphatic rings. The van der Waals surface area contributed by atoms with Crippen LogP contribution < -0.4 is 10.2 Å². The Morgan fingerprint density at radius 3 is 2.62 bits per heavy atom. The number of aromatic nitrogens is 2. The maximum Gasteiger partial charge on any atom is 0.134 e. The predicted octanol–water partition coefficient (Wildman–Crippen LogP) is 3.83. The molecule has 0 aliphatic carbocycles. The first-order chi connectivity index (χ1) is 14.3. The van der Waals surface area contributed by atoms with E-state index >= 15 is 0 Å². The second-order valence-electron chi connectivity index (χ2n) is 7.19. The molecule has 1 aliphatic heterocycles. The van der Waals surface area contributed by atoms with Crippen molar-refractivity contribution in [3.8, 4) is 0 Å². The maximum atomic E-state index is 5.38. The number of piperazine rings is 1. The van der Waals surface area contributed by atoms with Gasteiger partial charge in [-0.25, -0.2) is 9.97 Å². The van der Waals surface area contributed by atoms with E-state index in [4.69, 9.17) is 4.42 Å². The summed E-state index contributed by atoms with van der Waals surface area (Å²) in [5.41, 5.74) is 1.25. The van der Waals surface area contributed by atoms with E-state index in [1.54, 1.807) is 6.26 Å². The Morgan fingerprint density at radius 1 is 1.03 bits per heavy atom. The van der Waals surface area contributed by atoms with Gasteiger partial charge in [-0.1, -0.05) is 42.5 Å². The standard InChI is InChI=1S/C23H27N5O/c1-19-25-22(24-18-21-10-6-16-29-21)17-23(26-19)28-14-12-27(13-15-28)11-5-9-20-7-3-2-4-8-20/h2-10,16-17H,11-15,18H2,1H3,(H,24,25,26)/b9-5+. The molecule has 2 aromatic heterocycles. The van der Waals surface area contributed by atoms with Crippen molar-refractivity contribution in [3.05, 3.63) is 78.0 Å². The number of nitrogens with one attached hydrogen (secondary N) is 1. The number of benzene rings is 1. The van der Waals surface area contributed by atoms with Crippen molar-refractivity contribution in [1.29, 1.82) is 0 Å². The van der Waals surface area contributed by atoms with Gasteiger partial charge in [0.15, 0.2) is 0 Å². The smallest absolute Gasteiger partial charge is 0.134 e. The summed E-state index contributed by atoms with van der Waals surface area (Å²) in [7, 11) is 0. The van der Waals surface area contributed by atoms with Gasteiger partial charge in [-0.2, -0.15) is 0 Å². The molecule has 0 radical (unpaired) electrons. The van der Waals surface area contributed by atoms with Gasteiger partial charge in [-0.05, 0) is 24.6 Å². The number of furan rings is 1. The highest BCUT2D eigenvalue weighted by molar-refractivity contribution is 5.50. The average Bonchev–Trinajstić information content (AvgIpc) is 3.27. The lowest BCUT2D eigenvalue weighted by molar-refractivity contribution is 0.283. The van der Waals surface area contributed by atoms with Crippen molar-refractivity contribution in [1.82, 2.24) is 14.9 Å². The van der Waals surface area contributed by atoms with Crippen LogP contribution in [0.4, 0.5) is 11.6 Å². The van der Waals surface area contributed by atoms with Crippen LogP contribution >= 0.6 is 0 Å². The Morgan fingerprint density at radius 2 is 1.86 bits per heavy atom. The molecular formula is C23H27N5O. The van der Waals surface area contributed by atoms with Crippen LogP contribution in [0.25, 0.3) is 6.08 Å². The maximum absolute atomic E-state index is 5.38. The molecule has 4 rings (SSSR count). The van der Waals surface area contributed by atoms with Crippen LogP contribution in [-0.2, 0) is 6.54 Å². The van der Waals surface area contributed by atoms with Crippen molar-refractivity contribution >= 4 is 17.7 Å². The fourth-order valence-electron chi connectivity index (χ4n) is 3.46. The van der Waals surface area contributed by atoms with Gasteiger partial charge in [0.05, 0.1) is 12.8 Å². The fourth-order valence-corrected chi connectivity index (χ4v) is 3.46. The van der Waals surface area contributed by atoms with Crippen molar-refractivity contribution in [2.75, 3.05) is 42.9 Å². The molecule has 0 spiro atoms. The predicted molar refractivity (Wildman–Crippen MR) is 117 cm³/mol. The Balaban J connectivity index is 1.30. The minimum atomic E-state index is 0.615. The molecule has 6 heteroatoms. The van der Waals surface area contributed by atoms with Crippen LogP contribution in [0.15, 0.2) is 65.3 Å². The van der Waals surface area contributed by atoms with Crippen molar-refractivity contribution < 1.29 is 4.42 Å². The Hall–Kier alpha value is -3.12. The van der Waals surface area contributed by atoms with Gasteiger partial charge in [0, 0.05) is 38.8 Å². The lowest BCUT2D eigenvalue weighted by Gasteiger charge is -2.35. The van der Waals surface area contributed by atoms with E-state index in [1.807, 2.05) is 31.2 Å². The average molecular weight is 390 g/mol. The normalized spacial score (nSPS) is 15.1. The highest BCUT2D eigenvalue weighted by Gasteiger charge is 2.18. The van der Waals surface area contributed by atoms with Gasteiger partial charge < -0.3 is 14.6 Å². The summed E-state index contributed by atoms with van der Waals surface area (Å²) >= 11 is 0. The van der Waals surface area contributed by atoms with E-state index in [-0.39, 0.29) is 0 Å². The number of hydrogen-bond acceptors (Lipinski definition) is 6. The summed E-state index contributed by atoms with van der Waals surface area (Å²) in [6.07, 6.45) is 6.12. The van der Waals surface area contributed by atoms with Crippen LogP contribution in [-0.4, -0.2) is 47.6 Å².